The van der Waals surface area contributed by atoms with E-state index in [0.29, 0.717) is 0 Å². The number of aliphatic hydroxyl groups is 1. The van der Waals surface area contributed by atoms with Crippen molar-refractivity contribution in [2.45, 2.75) is 26.0 Å². The molecular weight excluding hydrogens is 78.0 g/mol. The molecule has 2 nitrogen and oxygen atoms in total. The lowest BCUT2D eigenvalue weighted by molar-refractivity contribution is 0.170. The van der Waals surface area contributed by atoms with Crippen LogP contribution in [0.25, 0.3) is 0 Å². The van der Waals surface area contributed by atoms with E-state index < -0.39 is 0 Å². The molecule has 2 atom stereocenters. The van der Waals surface area contributed by atoms with E-state index in [1.54, 1.807) is 13.8 Å². The average molecular weight is 89.1 g/mol. The second-order valence-corrected chi connectivity index (χ2v) is 1.60. The van der Waals surface area contributed by atoms with Gasteiger partial charge in [-0.05, 0) is 13.8 Å². The van der Waals surface area contributed by atoms with E-state index in [-0.39, 0.29) is 12.1 Å². The summed E-state index contributed by atoms with van der Waals surface area (Å²) in [5.74, 6) is 0. The van der Waals surface area contributed by atoms with Gasteiger partial charge in [0.05, 0.1) is 6.10 Å². The van der Waals surface area contributed by atoms with Crippen molar-refractivity contribution in [2.24, 2.45) is 5.73 Å². The summed E-state index contributed by atoms with van der Waals surface area (Å²) in [5, 5.41) is 8.50. The van der Waals surface area contributed by atoms with Crippen molar-refractivity contribution < 1.29 is 5.11 Å². The van der Waals surface area contributed by atoms with E-state index in [9.17, 15) is 0 Å². The molecule has 0 heterocycles. The van der Waals surface area contributed by atoms with E-state index >= 15 is 0 Å². The molecule has 0 aliphatic heterocycles. The Morgan fingerprint density at radius 3 is 1.67 bits per heavy atom. The lowest BCUT2D eigenvalue weighted by Gasteiger charge is -2.04. The Morgan fingerprint density at radius 2 is 1.67 bits per heavy atom. The maximum Gasteiger partial charge on any atom is 0.0660 e. The third-order valence-electron chi connectivity index (χ3n) is 0.761. The first kappa shape index (κ1) is 5.92. The predicted molar refractivity (Wildman–Crippen MR) is 25.3 cm³/mol. The molecule has 1 unspecified atom stereocenters. The van der Waals surface area contributed by atoms with Crippen LogP contribution in [0, 0.1) is 0 Å². The van der Waals surface area contributed by atoms with Crippen molar-refractivity contribution in [1.29, 1.82) is 0 Å². The molecule has 0 aliphatic carbocycles. The molecule has 0 spiro atoms. The van der Waals surface area contributed by atoms with Crippen LogP contribution in [-0.4, -0.2) is 17.3 Å². The average Bonchev–Trinajstić information content (AvgIpc) is 1.36. The van der Waals surface area contributed by atoms with Gasteiger partial charge < -0.3 is 10.8 Å². The van der Waals surface area contributed by atoms with Crippen LogP contribution in [0.1, 0.15) is 13.8 Å². The highest BCUT2D eigenvalue weighted by molar-refractivity contribution is 4.57. The Bertz CT molecular complexity index is 28.5. The van der Waals surface area contributed by atoms with Crippen LogP contribution in [-0.2, 0) is 0 Å². The van der Waals surface area contributed by atoms with Gasteiger partial charge in [-0.1, -0.05) is 0 Å². The van der Waals surface area contributed by atoms with Crippen LogP contribution in [0.4, 0.5) is 0 Å². The largest absolute Gasteiger partial charge is 0.392 e. The summed E-state index contributed by atoms with van der Waals surface area (Å²) in [6, 6.07) is -0.0926. The van der Waals surface area contributed by atoms with Gasteiger partial charge in [-0.2, -0.15) is 0 Å². The Kier molecular flexibility index (Phi) is 2.13. The van der Waals surface area contributed by atoms with Gasteiger partial charge >= 0.3 is 0 Å². The SMILES string of the molecule is CC(O)[C@@H](C)N. The molecule has 0 aliphatic rings. The first-order chi connectivity index (χ1) is 2.64. The molecule has 0 fully saturated rings. The number of rotatable bonds is 1. The van der Waals surface area contributed by atoms with Crippen molar-refractivity contribution in [2.75, 3.05) is 0 Å². The van der Waals surface area contributed by atoms with Crippen molar-refractivity contribution in [1.82, 2.24) is 0 Å². The number of nitrogens with two attached hydrogens (primary N) is 1. The van der Waals surface area contributed by atoms with Crippen LogP contribution in [0.15, 0.2) is 0 Å². The van der Waals surface area contributed by atoms with Crippen LogP contribution in [0.5, 0.6) is 0 Å². The lowest BCUT2D eigenvalue weighted by Crippen LogP contribution is -2.28. The number of aliphatic hydroxyl groups excluding tert-OH is 1. The summed E-state index contributed by atoms with van der Waals surface area (Å²) in [4.78, 5) is 0. The maximum absolute atomic E-state index is 8.50. The van der Waals surface area contributed by atoms with Gasteiger partial charge in [0, 0.05) is 6.04 Å². The molecule has 38 valence electrons. The summed E-state index contributed by atoms with van der Waals surface area (Å²) in [6.45, 7) is 3.44. The summed E-state index contributed by atoms with van der Waals surface area (Å²) in [5.41, 5.74) is 5.19. The Balaban J connectivity index is 2.99. The van der Waals surface area contributed by atoms with Gasteiger partial charge in [-0.3, -0.25) is 0 Å². The fraction of sp³-hybridized carbons (Fsp3) is 1.00. The second-order valence-electron chi connectivity index (χ2n) is 1.60. The zero-order valence-electron chi connectivity index (χ0n) is 4.18. The number of hydrogen-bond donors (Lipinski definition) is 2. The predicted octanol–water partition coefficient (Wildman–Crippen LogP) is -0.286. The van der Waals surface area contributed by atoms with Gasteiger partial charge in [0.15, 0.2) is 0 Å². The van der Waals surface area contributed by atoms with Crippen LogP contribution >= 0.6 is 0 Å². The minimum Gasteiger partial charge on any atom is -0.392 e. The first-order valence-corrected chi connectivity index (χ1v) is 2.08. The summed E-state index contributed by atoms with van der Waals surface area (Å²) >= 11 is 0. The van der Waals surface area contributed by atoms with E-state index in [1.807, 2.05) is 0 Å². The fourth-order valence-electron chi connectivity index (χ4n) is 0. The number of hydrogen-bond acceptors (Lipinski definition) is 2. The van der Waals surface area contributed by atoms with Crippen molar-refractivity contribution in [3.05, 3.63) is 0 Å². The quantitative estimate of drug-likeness (QED) is 0.464. The minimum absolute atomic E-state index is 0.0926. The van der Waals surface area contributed by atoms with E-state index in [2.05, 4.69) is 0 Å². The fourth-order valence-corrected chi connectivity index (χ4v) is 0. The molecule has 2 heteroatoms. The molecule has 0 aromatic rings. The lowest BCUT2D eigenvalue weighted by atomic mass is 10.2. The Morgan fingerprint density at radius 1 is 1.50 bits per heavy atom. The third kappa shape index (κ3) is 2.18. The molecule has 0 rings (SSSR count). The highest BCUT2D eigenvalue weighted by atomic mass is 16.3. The van der Waals surface area contributed by atoms with Gasteiger partial charge in [0.25, 0.3) is 0 Å². The topological polar surface area (TPSA) is 46.2 Å². The second kappa shape index (κ2) is 2.16. The molecule has 0 amide bonds. The smallest absolute Gasteiger partial charge is 0.0660 e. The summed E-state index contributed by atoms with van der Waals surface area (Å²) < 4.78 is 0. The summed E-state index contributed by atoms with van der Waals surface area (Å²) in [7, 11) is 0. The first-order valence-electron chi connectivity index (χ1n) is 2.08. The van der Waals surface area contributed by atoms with Crippen LogP contribution in [0.3, 0.4) is 0 Å². The van der Waals surface area contributed by atoms with Gasteiger partial charge in [0.2, 0.25) is 0 Å². The van der Waals surface area contributed by atoms with E-state index in [4.69, 9.17) is 10.8 Å². The Labute approximate surface area is 38.0 Å². The molecule has 6 heavy (non-hydrogen) atoms. The molecule has 0 saturated carbocycles. The minimum atomic E-state index is -0.370. The standard InChI is InChI=1S/C4H11NO/c1-3(5)4(2)6/h3-4,6H,5H2,1-2H3/t3-,4?/m1/s1. The molecule has 0 bridgehead atoms. The Hall–Kier alpha value is -0.0800. The van der Waals surface area contributed by atoms with Crippen molar-refractivity contribution >= 4 is 0 Å². The van der Waals surface area contributed by atoms with Crippen LogP contribution < -0.4 is 5.73 Å². The van der Waals surface area contributed by atoms with Crippen LogP contribution in [0.2, 0.25) is 0 Å². The highest BCUT2D eigenvalue weighted by Gasteiger charge is 1.97. The molecule has 0 aromatic heterocycles. The monoisotopic (exact) mass is 89.1 g/mol. The molecular formula is C4H11NO. The third-order valence-corrected chi connectivity index (χ3v) is 0.761. The highest BCUT2D eigenvalue weighted by Crippen LogP contribution is 1.81. The van der Waals surface area contributed by atoms with E-state index in [0.717, 1.165) is 0 Å². The molecule has 0 aromatic carbocycles. The molecule has 3 N–H and O–H groups in total. The van der Waals surface area contributed by atoms with Gasteiger partial charge in [-0.15, -0.1) is 0 Å². The molecule has 0 radical (unpaired) electrons. The van der Waals surface area contributed by atoms with E-state index in [1.165, 1.54) is 0 Å². The summed E-state index contributed by atoms with van der Waals surface area (Å²) in [6.07, 6.45) is -0.370. The van der Waals surface area contributed by atoms with Gasteiger partial charge in [-0.25, -0.2) is 0 Å². The maximum atomic E-state index is 8.50. The van der Waals surface area contributed by atoms with Crippen molar-refractivity contribution in [3.63, 3.8) is 0 Å². The zero-order chi connectivity index (χ0) is 5.15. The zero-order valence-corrected chi connectivity index (χ0v) is 4.18. The normalized spacial score (nSPS) is 20.0. The van der Waals surface area contributed by atoms with Crippen molar-refractivity contribution in [3.8, 4) is 0 Å². The molecule has 0 saturated heterocycles. The van der Waals surface area contributed by atoms with Gasteiger partial charge in [0.1, 0.15) is 0 Å².